The van der Waals surface area contributed by atoms with E-state index in [4.69, 9.17) is 11.6 Å². The van der Waals surface area contributed by atoms with E-state index in [1.165, 1.54) is 0 Å². The SMILES string of the molecule is CC(CNC(=O)c1ccc(Cl)cc1Br)N(C)C. The second kappa shape index (κ2) is 6.38. The topological polar surface area (TPSA) is 32.3 Å². The molecule has 0 saturated heterocycles. The molecule has 1 unspecified atom stereocenters. The first kappa shape index (κ1) is 14.5. The Morgan fingerprint density at radius 2 is 2.18 bits per heavy atom. The van der Waals surface area contributed by atoms with Crippen molar-refractivity contribution in [2.75, 3.05) is 20.6 Å². The van der Waals surface area contributed by atoms with Crippen LogP contribution in [0.4, 0.5) is 0 Å². The number of likely N-dealkylation sites (N-methyl/N-ethyl adjacent to an activating group) is 1. The van der Waals surface area contributed by atoms with Crippen LogP contribution < -0.4 is 5.32 Å². The lowest BCUT2D eigenvalue weighted by Crippen LogP contribution is -2.38. The van der Waals surface area contributed by atoms with E-state index in [1.807, 2.05) is 14.1 Å². The molecule has 0 aliphatic rings. The summed E-state index contributed by atoms with van der Waals surface area (Å²) in [5.41, 5.74) is 0.598. The number of carbonyl (C=O) groups excluding carboxylic acids is 1. The van der Waals surface area contributed by atoms with Gasteiger partial charge in [0.1, 0.15) is 0 Å². The first-order chi connectivity index (χ1) is 7.91. The third-order valence-corrected chi connectivity index (χ3v) is 3.51. The molecule has 17 heavy (non-hydrogen) atoms. The Bertz CT molecular complexity index is 409. The second-order valence-electron chi connectivity index (χ2n) is 4.15. The van der Waals surface area contributed by atoms with E-state index in [9.17, 15) is 4.79 Å². The van der Waals surface area contributed by atoms with Crippen LogP contribution in [-0.2, 0) is 0 Å². The van der Waals surface area contributed by atoms with Crippen molar-refractivity contribution in [3.05, 3.63) is 33.3 Å². The molecule has 1 amide bonds. The smallest absolute Gasteiger partial charge is 0.252 e. The zero-order valence-corrected chi connectivity index (χ0v) is 12.5. The van der Waals surface area contributed by atoms with Gasteiger partial charge in [-0.25, -0.2) is 0 Å². The highest BCUT2D eigenvalue weighted by Crippen LogP contribution is 2.21. The zero-order chi connectivity index (χ0) is 13.0. The monoisotopic (exact) mass is 318 g/mol. The summed E-state index contributed by atoms with van der Waals surface area (Å²) in [5.74, 6) is -0.0951. The molecule has 1 rings (SSSR count). The molecule has 0 saturated carbocycles. The maximum absolute atomic E-state index is 11.9. The van der Waals surface area contributed by atoms with Gasteiger partial charge in [0.15, 0.2) is 0 Å². The maximum atomic E-state index is 11.9. The van der Waals surface area contributed by atoms with E-state index in [1.54, 1.807) is 18.2 Å². The van der Waals surface area contributed by atoms with Crippen LogP contribution in [0.2, 0.25) is 5.02 Å². The molecule has 0 aliphatic carbocycles. The number of carbonyl (C=O) groups is 1. The van der Waals surface area contributed by atoms with E-state index < -0.39 is 0 Å². The van der Waals surface area contributed by atoms with Gasteiger partial charge in [-0.15, -0.1) is 0 Å². The first-order valence-electron chi connectivity index (χ1n) is 5.31. The van der Waals surface area contributed by atoms with E-state index in [0.29, 0.717) is 27.6 Å². The molecule has 1 N–H and O–H groups in total. The molecule has 94 valence electrons. The van der Waals surface area contributed by atoms with Crippen LogP contribution in [0.1, 0.15) is 17.3 Å². The first-order valence-corrected chi connectivity index (χ1v) is 6.48. The molecule has 0 aromatic heterocycles. The summed E-state index contributed by atoms with van der Waals surface area (Å²) in [5, 5.41) is 3.49. The number of nitrogens with zero attached hydrogens (tertiary/aromatic N) is 1. The molecule has 0 aliphatic heterocycles. The van der Waals surface area contributed by atoms with Gasteiger partial charge in [-0.2, -0.15) is 0 Å². The molecule has 0 bridgehead atoms. The molecule has 0 fully saturated rings. The fourth-order valence-electron chi connectivity index (χ4n) is 1.19. The van der Waals surface area contributed by atoms with Crippen LogP contribution in [-0.4, -0.2) is 37.5 Å². The van der Waals surface area contributed by atoms with Crippen molar-refractivity contribution in [3.63, 3.8) is 0 Å². The minimum absolute atomic E-state index is 0.0951. The van der Waals surface area contributed by atoms with Crippen LogP contribution >= 0.6 is 27.5 Å². The molecule has 0 spiro atoms. The summed E-state index contributed by atoms with van der Waals surface area (Å²) in [6, 6.07) is 5.43. The number of halogens is 2. The standard InChI is InChI=1S/C12H16BrClN2O/c1-8(16(2)3)7-15-12(17)10-5-4-9(14)6-11(10)13/h4-6,8H,7H2,1-3H3,(H,15,17). The Balaban J connectivity index is 2.64. The zero-order valence-electron chi connectivity index (χ0n) is 10.1. The summed E-state index contributed by atoms with van der Waals surface area (Å²) in [6.07, 6.45) is 0. The Hall–Kier alpha value is -0.580. The number of hydrogen-bond donors (Lipinski definition) is 1. The van der Waals surface area contributed by atoms with Gasteiger partial charge in [0.2, 0.25) is 0 Å². The number of benzene rings is 1. The van der Waals surface area contributed by atoms with Crippen LogP contribution in [0, 0.1) is 0 Å². The molecule has 1 aromatic rings. The van der Waals surface area contributed by atoms with Gasteiger partial charge in [-0.3, -0.25) is 4.79 Å². The summed E-state index contributed by atoms with van der Waals surface area (Å²) < 4.78 is 0.708. The Morgan fingerprint density at radius 3 is 2.71 bits per heavy atom. The van der Waals surface area contributed by atoms with Crippen molar-refractivity contribution >= 4 is 33.4 Å². The fraction of sp³-hybridized carbons (Fsp3) is 0.417. The highest BCUT2D eigenvalue weighted by Gasteiger charge is 2.12. The van der Waals surface area contributed by atoms with Crippen LogP contribution in [0.5, 0.6) is 0 Å². The summed E-state index contributed by atoms with van der Waals surface area (Å²) in [4.78, 5) is 14.0. The van der Waals surface area contributed by atoms with Crippen LogP contribution in [0.15, 0.2) is 22.7 Å². The Labute approximate surface area is 115 Å². The summed E-state index contributed by atoms with van der Waals surface area (Å²) in [6.45, 7) is 2.66. The van der Waals surface area contributed by atoms with E-state index in [-0.39, 0.29) is 5.91 Å². The molecular formula is C12H16BrClN2O. The van der Waals surface area contributed by atoms with Gasteiger partial charge in [-0.1, -0.05) is 11.6 Å². The highest BCUT2D eigenvalue weighted by atomic mass is 79.9. The second-order valence-corrected chi connectivity index (χ2v) is 5.44. The number of rotatable bonds is 4. The van der Waals surface area contributed by atoms with Crippen molar-refractivity contribution in [1.29, 1.82) is 0 Å². The minimum Gasteiger partial charge on any atom is -0.350 e. The minimum atomic E-state index is -0.0951. The van der Waals surface area contributed by atoms with E-state index >= 15 is 0 Å². The molecule has 1 aromatic carbocycles. The predicted molar refractivity (Wildman–Crippen MR) is 74.6 cm³/mol. The highest BCUT2D eigenvalue weighted by molar-refractivity contribution is 9.10. The van der Waals surface area contributed by atoms with Gasteiger partial charge >= 0.3 is 0 Å². The van der Waals surface area contributed by atoms with Crippen LogP contribution in [0.25, 0.3) is 0 Å². The normalized spacial score (nSPS) is 12.6. The number of nitrogens with one attached hydrogen (secondary N) is 1. The van der Waals surface area contributed by atoms with Gasteiger partial charge < -0.3 is 10.2 Å². The molecule has 1 atom stereocenters. The van der Waals surface area contributed by atoms with Crippen molar-refractivity contribution in [2.24, 2.45) is 0 Å². The fourth-order valence-corrected chi connectivity index (χ4v) is 2.05. The lowest BCUT2D eigenvalue weighted by Gasteiger charge is -2.20. The molecular weight excluding hydrogens is 304 g/mol. The quantitative estimate of drug-likeness (QED) is 0.925. The van der Waals surface area contributed by atoms with Crippen molar-refractivity contribution in [3.8, 4) is 0 Å². The van der Waals surface area contributed by atoms with E-state index in [2.05, 4.69) is 33.1 Å². The Kier molecular flexibility index (Phi) is 5.43. The molecule has 5 heteroatoms. The predicted octanol–water partition coefficient (Wildman–Crippen LogP) is 2.78. The van der Waals surface area contributed by atoms with E-state index in [0.717, 1.165) is 0 Å². The van der Waals surface area contributed by atoms with Crippen molar-refractivity contribution in [1.82, 2.24) is 10.2 Å². The molecule has 0 radical (unpaired) electrons. The Morgan fingerprint density at radius 1 is 1.53 bits per heavy atom. The third kappa shape index (κ3) is 4.30. The summed E-state index contributed by atoms with van der Waals surface area (Å²) in [7, 11) is 3.96. The van der Waals surface area contributed by atoms with Gasteiger partial charge in [0.25, 0.3) is 5.91 Å². The van der Waals surface area contributed by atoms with Gasteiger partial charge in [0.05, 0.1) is 5.56 Å². The maximum Gasteiger partial charge on any atom is 0.252 e. The number of hydrogen-bond acceptors (Lipinski definition) is 2. The molecule has 3 nitrogen and oxygen atoms in total. The lowest BCUT2D eigenvalue weighted by atomic mass is 10.2. The average Bonchev–Trinajstić information content (AvgIpc) is 2.25. The van der Waals surface area contributed by atoms with Gasteiger partial charge in [0, 0.05) is 22.1 Å². The lowest BCUT2D eigenvalue weighted by molar-refractivity contribution is 0.0943. The van der Waals surface area contributed by atoms with Crippen molar-refractivity contribution in [2.45, 2.75) is 13.0 Å². The van der Waals surface area contributed by atoms with Gasteiger partial charge in [-0.05, 0) is 55.1 Å². The average molecular weight is 320 g/mol. The summed E-state index contributed by atoms with van der Waals surface area (Å²) >= 11 is 9.15. The third-order valence-electron chi connectivity index (χ3n) is 2.62. The molecule has 0 heterocycles. The largest absolute Gasteiger partial charge is 0.350 e. The van der Waals surface area contributed by atoms with Crippen molar-refractivity contribution < 1.29 is 4.79 Å². The van der Waals surface area contributed by atoms with Crippen LogP contribution in [0.3, 0.4) is 0 Å². The number of amides is 1.